The lowest BCUT2D eigenvalue weighted by atomic mass is 9.81. The van der Waals surface area contributed by atoms with E-state index in [1.54, 1.807) is 7.11 Å². The van der Waals surface area contributed by atoms with Gasteiger partial charge < -0.3 is 10.1 Å². The first-order valence-corrected chi connectivity index (χ1v) is 8.17. The highest BCUT2D eigenvalue weighted by atomic mass is 16.5. The van der Waals surface area contributed by atoms with Crippen molar-refractivity contribution in [1.29, 1.82) is 0 Å². The largest absolute Gasteiger partial charge is 0.497 e. The van der Waals surface area contributed by atoms with Gasteiger partial charge in [-0.2, -0.15) is 10.1 Å². The summed E-state index contributed by atoms with van der Waals surface area (Å²) in [7, 11) is 1.64. The third kappa shape index (κ3) is 2.29. The molecule has 124 valence electrons. The standard InChI is InChI=1S/C18H20N4O2/c1-10-7-14-16(15(23)8-10)17(12-5-4-6-13(9-12)24-3)22-18(20-14)19-11(2)21-22/h4-6,9-10,17H,7-8H2,1-3H3,(H,19,20,21)/t10-,17+/m1/s1. The van der Waals surface area contributed by atoms with Gasteiger partial charge in [-0.05, 0) is 37.0 Å². The molecule has 0 fully saturated rings. The zero-order valence-electron chi connectivity index (χ0n) is 14.0. The van der Waals surface area contributed by atoms with E-state index in [-0.39, 0.29) is 11.8 Å². The predicted molar refractivity (Wildman–Crippen MR) is 89.9 cm³/mol. The lowest BCUT2D eigenvalue weighted by Crippen LogP contribution is -2.33. The maximum atomic E-state index is 12.8. The Morgan fingerprint density at radius 1 is 1.33 bits per heavy atom. The van der Waals surface area contributed by atoms with Crippen molar-refractivity contribution in [1.82, 2.24) is 14.8 Å². The fourth-order valence-corrected chi connectivity index (χ4v) is 3.63. The molecule has 1 aliphatic carbocycles. The van der Waals surface area contributed by atoms with Crippen molar-refractivity contribution in [3.05, 3.63) is 46.9 Å². The monoisotopic (exact) mass is 324 g/mol. The lowest BCUT2D eigenvalue weighted by molar-refractivity contribution is -0.117. The van der Waals surface area contributed by atoms with Gasteiger partial charge in [-0.15, -0.1) is 0 Å². The smallest absolute Gasteiger partial charge is 0.226 e. The van der Waals surface area contributed by atoms with Crippen LogP contribution in [0.4, 0.5) is 5.95 Å². The first kappa shape index (κ1) is 14.9. The summed E-state index contributed by atoms with van der Waals surface area (Å²) in [6.07, 6.45) is 1.43. The molecule has 1 N–H and O–H groups in total. The van der Waals surface area contributed by atoms with Gasteiger partial charge in [0.1, 0.15) is 17.6 Å². The average molecular weight is 324 g/mol. The number of benzene rings is 1. The molecule has 2 aliphatic rings. The van der Waals surface area contributed by atoms with Crippen molar-refractivity contribution in [2.45, 2.75) is 32.7 Å². The summed E-state index contributed by atoms with van der Waals surface area (Å²) >= 11 is 0. The Labute approximate surface area is 140 Å². The summed E-state index contributed by atoms with van der Waals surface area (Å²) in [6, 6.07) is 7.56. The fraction of sp³-hybridized carbons (Fsp3) is 0.389. The van der Waals surface area contributed by atoms with Crippen molar-refractivity contribution in [2.75, 3.05) is 12.4 Å². The number of hydrogen-bond acceptors (Lipinski definition) is 5. The molecule has 0 unspecified atom stereocenters. The number of aryl methyl sites for hydroxylation is 1. The zero-order chi connectivity index (χ0) is 16.8. The predicted octanol–water partition coefficient (Wildman–Crippen LogP) is 2.86. The van der Waals surface area contributed by atoms with Gasteiger partial charge in [0.15, 0.2) is 5.78 Å². The van der Waals surface area contributed by atoms with Gasteiger partial charge in [-0.3, -0.25) is 4.79 Å². The number of ether oxygens (including phenoxy) is 1. The Kier molecular flexibility index (Phi) is 3.40. The summed E-state index contributed by atoms with van der Waals surface area (Å²) in [5.41, 5.74) is 2.77. The number of nitrogens with zero attached hydrogens (tertiary/aromatic N) is 3. The zero-order valence-corrected chi connectivity index (χ0v) is 14.0. The van der Waals surface area contributed by atoms with E-state index in [0.29, 0.717) is 24.1 Å². The van der Waals surface area contributed by atoms with Crippen LogP contribution in [0, 0.1) is 12.8 Å². The van der Waals surface area contributed by atoms with E-state index < -0.39 is 0 Å². The first-order chi connectivity index (χ1) is 11.6. The molecule has 1 aliphatic heterocycles. The molecule has 4 rings (SSSR count). The minimum atomic E-state index is -0.257. The molecule has 0 amide bonds. The molecule has 2 aromatic rings. The van der Waals surface area contributed by atoms with Crippen LogP contribution in [-0.2, 0) is 4.79 Å². The number of allylic oxidation sites excluding steroid dienone is 2. The highest BCUT2D eigenvalue weighted by molar-refractivity contribution is 5.99. The molecule has 0 bridgehead atoms. The highest BCUT2D eigenvalue weighted by Crippen LogP contribution is 2.41. The molecule has 0 saturated carbocycles. The van der Waals surface area contributed by atoms with Crippen LogP contribution in [0.5, 0.6) is 5.75 Å². The normalized spacial score (nSPS) is 22.7. The van der Waals surface area contributed by atoms with Gasteiger partial charge in [0, 0.05) is 17.7 Å². The molecule has 2 atom stereocenters. The number of ketones is 1. The first-order valence-electron chi connectivity index (χ1n) is 8.17. The number of fused-ring (bicyclic) bond motifs is 1. The third-order valence-corrected chi connectivity index (χ3v) is 4.64. The molecule has 0 spiro atoms. The number of nitrogens with one attached hydrogen (secondary N) is 1. The number of hydrogen-bond donors (Lipinski definition) is 1. The van der Waals surface area contributed by atoms with Crippen LogP contribution in [0.1, 0.15) is 37.2 Å². The Morgan fingerprint density at radius 2 is 2.17 bits per heavy atom. The maximum absolute atomic E-state index is 12.8. The van der Waals surface area contributed by atoms with Crippen molar-refractivity contribution >= 4 is 11.7 Å². The van der Waals surface area contributed by atoms with E-state index in [9.17, 15) is 4.79 Å². The summed E-state index contributed by atoms with van der Waals surface area (Å²) in [6.45, 7) is 3.97. The van der Waals surface area contributed by atoms with Crippen LogP contribution in [-0.4, -0.2) is 27.7 Å². The lowest BCUT2D eigenvalue weighted by Gasteiger charge is -2.34. The summed E-state index contributed by atoms with van der Waals surface area (Å²) in [4.78, 5) is 17.3. The highest BCUT2D eigenvalue weighted by Gasteiger charge is 2.38. The molecular weight excluding hydrogens is 304 g/mol. The van der Waals surface area contributed by atoms with Crippen molar-refractivity contribution in [2.24, 2.45) is 5.92 Å². The van der Waals surface area contributed by atoms with Crippen LogP contribution in [0.25, 0.3) is 0 Å². The van der Waals surface area contributed by atoms with E-state index in [0.717, 1.165) is 29.0 Å². The molecule has 24 heavy (non-hydrogen) atoms. The van der Waals surface area contributed by atoms with Gasteiger partial charge in [0.25, 0.3) is 0 Å². The van der Waals surface area contributed by atoms with Crippen molar-refractivity contribution in [3.8, 4) is 5.75 Å². The third-order valence-electron chi connectivity index (χ3n) is 4.64. The molecule has 6 heteroatoms. The van der Waals surface area contributed by atoms with Crippen LogP contribution < -0.4 is 10.1 Å². The second kappa shape index (κ2) is 5.47. The van der Waals surface area contributed by atoms with Gasteiger partial charge in [0.05, 0.1) is 7.11 Å². The molecule has 6 nitrogen and oxygen atoms in total. The summed E-state index contributed by atoms with van der Waals surface area (Å²) < 4.78 is 7.17. The van der Waals surface area contributed by atoms with Gasteiger partial charge in [-0.25, -0.2) is 4.68 Å². The Hall–Kier alpha value is -2.63. The van der Waals surface area contributed by atoms with Crippen molar-refractivity contribution < 1.29 is 9.53 Å². The molecule has 0 saturated heterocycles. The number of carbonyl (C=O) groups excluding carboxylic acids is 1. The topological polar surface area (TPSA) is 69.0 Å². The summed E-state index contributed by atoms with van der Waals surface area (Å²) in [5, 5.41) is 7.85. The quantitative estimate of drug-likeness (QED) is 0.920. The number of anilines is 1. The van der Waals surface area contributed by atoms with Crippen LogP contribution in [0.2, 0.25) is 0 Å². The van der Waals surface area contributed by atoms with E-state index in [2.05, 4.69) is 22.3 Å². The molecular formula is C18H20N4O2. The summed E-state index contributed by atoms with van der Waals surface area (Å²) in [5.74, 6) is 2.67. The second-order valence-electron chi connectivity index (χ2n) is 6.56. The Balaban J connectivity index is 1.91. The van der Waals surface area contributed by atoms with Gasteiger partial charge in [0.2, 0.25) is 5.95 Å². The van der Waals surface area contributed by atoms with E-state index in [1.165, 1.54) is 0 Å². The SMILES string of the molecule is COc1cccc([C@H]2C3=C(C[C@@H](C)CC3=O)Nc3nc(C)nn32)c1. The van der Waals surface area contributed by atoms with Crippen LogP contribution in [0.3, 0.4) is 0 Å². The van der Waals surface area contributed by atoms with E-state index in [1.807, 2.05) is 35.9 Å². The van der Waals surface area contributed by atoms with Gasteiger partial charge >= 0.3 is 0 Å². The molecule has 2 heterocycles. The fourth-order valence-electron chi connectivity index (χ4n) is 3.63. The number of Topliss-reactive ketones (excluding diaryl/α,β-unsaturated/α-hetero) is 1. The average Bonchev–Trinajstić information content (AvgIpc) is 2.92. The minimum absolute atomic E-state index is 0.183. The number of carbonyl (C=O) groups is 1. The number of rotatable bonds is 2. The Morgan fingerprint density at radius 3 is 2.96 bits per heavy atom. The maximum Gasteiger partial charge on any atom is 0.226 e. The van der Waals surface area contributed by atoms with Crippen LogP contribution >= 0.6 is 0 Å². The number of aromatic nitrogens is 3. The van der Waals surface area contributed by atoms with Crippen LogP contribution in [0.15, 0.2) is 35.5 Å². The minimum Gasteiger partial charge on any atom is -0.497 e. The van der Waals surface area contributed by atoms with Crippen molar-refractivity contribution in [3.63, 3.8) is 0 Å². The van der Waals surface area contributed by atoms with Gasteiger partial charge in [-0.1, -0.05) is 19.1 Å². The van der Waals surface area contributed by atoms with E-state index in [4.69, 9.17) is 4.74 Å². The van der Waals surface area contributed by atoms with E-state index >= 15 is 0 Å². The Bertz CT molecular complexity index is 852. The molecule has 1 aromatic heterocycles. The molecule has 1 aromatic carbocycles. The number of methoxy groups -OCH3 is 1. The second-order valence-corrected chi connectivity index (χ2v) is 6.56. The molecule has 0 radical (unpaired) electrons.